The van der Waals surface area contributed by atoms with Crippen LogP contribution in [0.4, 0.5) is 10.0 Å². The molecule has 0 saturated carbocycles. The van der Waals surface area contributed by atoms with E-state index < -0.39 is 5.91 Å². The number of nitriles is 3. The van der Waals surface area contributed by atoms with Gasteiger partial charge in [0.25, 0.3) is 5.91 Å². The molecular weight excluding hydrogens is 492 g/mol. The lowest BCUT2D eigenvalue weighted by molar-refractivity contribution is -0.114. The summed E-state index contributed by atoms with van der Waals surface area (Å²) >= 11 is 2.64. The van der Waals surface area contributed by atoms with E-state index in [1.54, 1.807) is 36.4 Å². The summed E-state index contributed by atoms with van der Waals surface area (Å²) in [7, 11) is 0. The van der Waals surface area contributed by atoms with Crippen LogP contribution in [-0.2, 0) is 4.79 Å². The van der Waals surface area contributed by atoms with E-state index in [4.69, 9.17) is 27.3 Å². The Morgan fingerprint density at radius 2 is 1.31 bits per heavy atom. The van der Waals surface area contributed by atoms with Crippen molar-refractivity contribution in [2.45, 2.75) is 6.92 Å². The van der Waals surface area contributed by atoms with Crippen LogP contribution < -0.4 is 16.8 Å². The second kappa shape index (κ2) is 11.5. The van der Waals surface area contributed by atoms with Crippen molar-refractivity contribution >= 4 is 44.5 Å². The first-order chi connectivity index (χ1) is 17.2. The van der Waals surface area contributed by atoms with Crippen molar-refractivity contribution in [2.75, 3.05) is 11.1 Å². The van der Waals surface area contributed by atoms with Gasteiger partial charge in [0, 0.05) is 16.7 Å². The fourth-order valence-electron chi connectivity index (χ4n) is 3.03. The molecule has 36 heavy (non-hydrogen) atoms. The van der Waals surface area contributed by atoms with Gasteiger partial charge >= 0.3 is 0 Å². The molecule has 0 atom stereocenters. The first kappa shape index (κ1) is 25.7. The van der Waals surface area contributed by atoms with Gasteiger partial charge in [0.2, 0.25) is 5.91 Å². The molecule has 2 aromatic heterocycles. The first-order valence-electron chi connectivity index (χ1n) is 10.3. The van der Waals surface area contributed by atoms with E-state index in [9.17, 15) is 9.59 Å². The minimum absolute atomic E-state index is 0.204. The summed E-state index contributed by atoms with van der Waals surface area (Å²) < 4.78 is 0. The number of amides is 2. The van der Waals surface area contributed by atoms with Gasteiger partial charge in [0.1, 0.15) is 11.1 Å². The molecule has 0 unspecified atom stereocenters. The number of rotatable bonds is 4. The standard InChI is InChI=1S/C14H9N3OS.C12H9N3OS/c1-9(18)17-14-12(8-16)6-13(19-14)11-4-2-10(7-15)3-5-11;13-6-7-1-3-8(4-2-7)10-5-9(11(14)16)12(15)17-10/h2-6H,1H3,(H,17,18);1-5H,15H2,(H2,14,16). The summed E-state index contributed by atoms with van der Waals surface area (Å²) in [5, 5.41) is 30.1. The van der Waals surface area contributed by atoms with Gasteiger partial charge < -0.3 is 16.8 Å². The topological polar surface area (TPSA) is 170 Å². The third kappa shape index (κ3) is 6.13. The summed E-state index contributed by atoms with van der Waals surface area (Å²) in [5.41, 5.74) is 14.7. The van der Waals surface area contributed by atoms with Gasteiger partial charge in [0.05, 0.1) is 39.4 Å². The van der Waals surface area contributed by atoms with Gasteiger partial charge in [-0.25, -0.2) is 0 Å². The average Bonchev–Trinajstić information content (AvgIpc) is 3.47. The number of hydrogen-bond acceptors (Lipinski definition) is 8. The van der Waals surface area contributed by atoms with Crippen LogP contribution in [0.1, 0.15) is 34.0 Å². The number of carbonyl (C=O) groups excluding carboxylic acids is 2. The first-order valence-corrected chi connectivity index (χ1v) is 11.9. The van der Waals surface area contributed by atoms with Crippen LogP contribution in [0.25, 0.3) is 20.9 Å². The van der Waals surface area contributed by atoms with Crippen LogP contribution in [0.3, 0.4) is 0 Å². The normalized spacial score (nSPS) is 9.61. The molecule has 0 spiro atoms. The monoisotopic (exact) mass is 510 g/mol. The highest BCUT2D eigenvalue weighted by molar-refractivity contribution is 7.20. The Bertz CT molecular complexity index is 1550. The Labute approximate surface area is 215 Å². The van der Waals surface area contributed by atoms with Crippen molar-refractivity contribution in [3.8, 4) is 39.1 Å². The van der Waals surface area contributed by atoms with E-state index in [1.165, 1.54) is 29.6 Å². The highest BCUT2D eigenvalue weighted by atomic mass is 32.1. The highest BCUT2D eigenvalue weighted by Crippen LogP contribution is 2.35. The number of nitrogens with two attached hydrogens (primary N) is 2. The second-order valence-corrected chi connectivity index (χ2v) is 9.41. The summed E-state index contributed by atoms with van der Waals surface area (Å²) in [4.78, 5) is 23.9. The summed E-state index contributed by atoms with van der Waals surface area (Å²) in [6.45, 7) is 1.41. The fraction of sp³-hybridized carbons (Fsp3) is 0.0385. The molecule has 5 N–H and O–H groups in total. The quantitative estimate of drug-likeness (QED) is 0.345. The number of anilines is 2. The Kier molecular flexibility index (Phi) is 8.17. The predicted octanol–water partition coefficient (Wildman–Crippen LogP) is 5.08. The van der Waals surface area contributed by atoms with E-state index in [0.717, 1.165) is 20.9 Å². The highest BCUT2D eigenvalue weighted by Gasteiger charge is 2.13. The number of hydrogen-bond donors (Lipinski definition) is 3. The van der Waals surface area contributed by atoms with Crippen LogP contribution in [-0.4, -0.2) is 11.8 Å². The molecular formula is C26H18N6O2S2. The molecule has 2 aromatic carbocycles. The van der Waals surface area contributed by atoms with Gasteiger partial charge in [-0.05, 0) is 47.5 Å². The van der Waals surface area contributed by atoms with Crippen LogP contribution in [0.15, 0.2) is 60.7 Å². The van der Waals surface area contributed by atoms with Crippen molar-refractivity contribution in [3.63, 3.8) is 0 Å². The zero-order valence-electron chi connectivity index (χ0n) is 18.9. The maximum atomic E-state index is 11.1. The molecule has 0 saturated heterocycles. The van der Waals surface area contributed by atoms with E-state index in [0.29, 0.717) is 32.3 Å². The number of nitrogen functional groups attached to an aromatic ring is 1. The van der Waals surface area contributed by atoms with Gasteiger partial charge in [-0.1, -0.05) is 24.3 Å². The summed E-state index contributed by atoms with van der Waals surface area (Å²) in [6.07, 6.45) is 0. The van der Waals surface area contributed by atoms with Crippen molar-refractivity contribution in [1.29, 1.82) is 15.8 Å². The lowest BCUT2D eigenvalue weighted by Crippen LogP contribution is -2.11. The Balaban J connectivity index is 0.000000202. The van der Waals surface area contributed by atoms with E-state index in [2.05, 4.69) is 17.5 Å². The minimum Gasteiger partial charge on any atom is -0.390 e. The van der Waals surface area contributed by atoms with Gasteiger partial charge in [-0.3, -0.25) is 9.59 Å². The number of primary amides is 1. The molecule has 2 heterocycles. The number of carbonyl (C=O) groups is 2. The number of thiophene rings is 2. The average molecular weight is 511 g/mol. The maximum absolute atomic E-state index is 11.1. The third-order valence-electron chi connectivity index (χ3n) is 4.77. The maximum Gasteiger partial charge on any atom is 0.251 e. The van der Waals surface area contributed by atoms with Crippen LogP contribution in [0.2, 0.25) is 0 Å². The molecule has 0 aliphatic rings. The number of nitrogens with zero attached hydrogens (tertiary/aromatic N) is 3. The van der Waals surface area contributed by atoms with Gasteiger partial charge in [0.15, 0.2) is 0 Å². The lowest BCUT2D eigenvalue weighted by atomic mass is 10.1. The zero-order valence-corrected chi connectivity index (χ0v) is 20.5. The molecule has 0 bridgehead atoms. The smallest absolute Gasteiger partial charge is 0.251 e. The summed E-state index contributed by atoms with van der Waals surface area (Å²) in [5.74, 6) is -0.733. The molecule has 0 fully saturated rings. The molecule has 4 aromatic rings. The van der Waals surface area contributed by atoms with E-state index in [-0.39, 0.29) is 5.91 Å². The predicted molar refractivity (Wildman–Crippen MR) is 141 cm³/mol. The van der Waals surface area contributed by atoms with E-state index >= 15 is 0 Å². The zero-order chi connectivity index (χ0) is 26.2. The van der Waals surface area contributed by atoms with Gasteiger partial charge in [-0.2, -0.15) is 15.8 Å². The Hall–Kier alpha value is -4.95. The molecule has 176 valence electrons. The molecule has 8 nitrogen and oxygen atoms in total. The molecule has 0 aliphatic carbocycles. The fourth-order valence-corrected chi connectivity index (χ4v) is 5.02. The second-order valence-electron chi connectivity index (χ2n) is 7.28. The summed E-state index contributed by atoms with van der Waals surface area (Å²) in [6, 6.07) is 23.7. The number of benzene rings is 2. The van der Waals surface area contributed by atoms with Crippen LogP contribution in [0.5, 0.6) is 0 Å². The lowest BCUT2D eigenvalue weighted by Gasteiger charge is -1.97. The molecule has 0 aliphatic heterocycles. The Morgan fingerprint density at radius 1 is 0.806 bits per heavy atom. The third-order valence-corrected chi connectivity index (χ3v) is 6.88. The van der Waals surface area contributed by atoms with Gasteiger partial charge in [-0.15, -0.1) is 22.7 Å². The van der Waals surface area contributed by atoms with E-state index in [1.807, 2.05) is 30.3 Å². The van der Waals surface area contributed by atoms with Crippen molar-refractivity contribution in [3.05, 3.63) is 82.9 Å². The molecule has 4 rings (SSSR count). The SMILES string of the molecule is CC(=O)Nc1sc(-c2ccc(C#N)cc2)cc1C#N.N#Cc1ccc(-c2cc(C(N)=O)c(N)s2)cc1. The molecule has 0 radical (unpaired) electrons. The minimum atomic E-state index is -0.529. The van der Waals surface area contributed by atoms with Crippen LogP contribution >= 0.6 is 22.7 Å². The Morgan fingerprint density at radius 3 is 1.69 bits per heavy atom. The largest absolute Gasteiger partial charge is 0.390 e. The van der Waals surface area contributed by atoms with Crippen LogP contribution in [0, 0.1) is 34.0 Å². The van der Waals surface area contributed by atoms with Crippen molar-refractivity contribution in [2.24, 2.45) is 5.73 Å². The van der Waals surface area contributed by atoms with Crippen molar-refractivity contribution < 1.29 is 9.59 Å². The molecule has 10 heteroatoms. The number of nitrogens with one attached hydrogen (secondary N) is 1. The molecule has 2 amide bonds. The van der Waals surface area contributed by atoms with Crippen molar-refractivity contribution in [1.82, 2.24) is 0 Å².